The summed E-state index contributed by atoms with van der Waals surface area (Å²) in [6.07, 6.45) is 2.30. The lowest BCUT2D eigenvalue weighted by Gasteiger charge is -2.37. The summed E-state index contributed by atoms with van der Waals surface area (Å²) in [5, 5.41) is 7.70. The average Bonchev–Trinajstić information content (AvgIpc) is 2.38. The molecule has 5 heteroatoms. The molecule has 3 N–H and O–H groups in total. The van der Waals surface area contributed by atoms with E-state index in [0.29, 0.717) is 6.04 Å². The van der Waals surface area contributed by atoms with Gasteiger partial charge in [0, 0.05) is 34.9 Å². The number of nitrogens with one attached hydrogen (secondary N) is 1. The summed E-state index contributed by atoms with van der Waals surface area (Å²) in [6, 6.07) is 6.57. The number of hydrogen-bond acceptors (Lipinski definition) is 3. The number of halogens is 1. The second-order valence-corrected chi connectivity index (χ2v) is 6.17. The number of nitrogens with zero attached hydrogens (tertiary/aromatic N) is 2. The summed E-state index contributed by atoms with van der Waals surface area (Å²) >= 11 is 3.50. The highest BCUT2D eigenvalue weighted by molar-refractivity contribution is 9.10. The van der Waals surface area contributed by atoms with Crippen LogP contribution >= 0.6 is 15.9 Å². The van der Waals surface area contributed by atoms with Crippen LogP contribution in [0.5, 0.6) is 0 Å². The van der Waals surface area contributed by atoms with E-state index in [1.807, 2.05) is 12.1 Å². The van der Waals surface area contributed by atoms with Gasteiger partial charge in [-0.15, -0.1) is 0 Å². The molecule has 0 saturated carbocycles. The highest BCUT2D eigenvalue weighted by Crippen LogP contribution is 2.28. The van der Waals surface area contributed by atoms with Gasteiger partial charge in [0.05, 0.1) is 0 Å². The largest absolute Gasteiger partial charge is 0.384 e. The van der Waals surface area contributed by atoms with Gasteiger partial charge < -0.3 is 15.5 Å². The number of hydrogen-bond donors (Lipinski definition) is 2. The molecule has 4 nitrogen and oxygen atoms in total. The minimum absolute atomic E-state index is 0.136. The molecule has 1 aliphatic rings. The Morgan fingerprint density at radius 3 is 2.53 bits per heavy atom. The molecule has 0 radical (unpaired) electrons. The van der Waals surface area contributed by atoms with Crippen molar-refractivity contribution in [1.82, 2.24) is 4.90 Å². The molecule has 1 aromatic rings. The zero-order valence-corrected chi connectivity index (χ0v) is 13.1. The molecule has 1 fully saturated rings. The maximum absolute atomic E-state index is 7.70. The van der Waals surface area contributed by atoms with Crippen molar-refractivity contribution in [3.63, 3.8) is 0 Å². The average molecular weight is 325 g/mol. The van der Waals surface area contributed by atoms with Gasteiger partial charge in [-0.2, -0.15) is 0 Å². The van der Waals surface area contributed by atoms with E-state index < -0.39 is 0 Å². The van der Waals surface area contributed by atoms with Gasteiger partial charge in [-0.25, -0.2) is 0 Å². The van der Waals surface area contributed by atoms with E-state index in [1.165, 1.54) is 0 Å². The van der Waals surface area contributed by atoms with Gasteiger partial charge in [0.25, 0.3) is 0 Å². The Labute approximate surface area is 123 Å². The first kappa shape index (κ1) is 14.3. The van der Waals surface area contributed by atoms with Crippen molar-refractivity contribution < 1.29 is 0 Å². The van der Waals surface area contributed by atoms with E-state index >= 15 is 0 Å². The lowest BCUT2D eigenvalue weighted by Crippen LogP contribution is -2.42. The molecule has 0 aromatic heterocycles. The molecule has 19 heavy (non-hydrogen) atoms. The van der Waals surface area contributed by atoms with E-state index in [4.69, 9.17) is 11.1 Å². The summed E-state index contributed by atoms with van der Waals surface area (Å²) in [6.45, 7) is 2.03. The minimum atomic E-state index is 0.136. The quantitative estimate of drug-likeness (QED) is 0.662. The maximum atomic E-state index is 7.70. The second kappa shape index (κ2) is 5.92. The molecule has 0 aliphatic carbocycles. The highest BCUT2D eigenvalue weighted by Gasteiger charge is 2.22. The Morgan fingerprint density at radius 2 is 2.00 bits per heavy atom. The molecule has 104 valence electrons. The van der Waals surface area contributed by atoms with Crippen LogP contribution in [0.4, 0.5) is 5.69 Å². The van der Waals surface area contributed by atoms with Gasteiger partial charge in [0.15, 0.2) is 0 Å². The van der Waals surface area contributed by atoms with Gasteiger partial charge in [0.2, 0.25) is 0 Å². The number of nitrogen functional groups attached to an aromatic ring is 1. The normalized spacial score (nSPS) is 16.9. The van der Waals surface area contributed by atoms with Crippen molar-refractivity contribution >= 4 is 27.5 Å². The zero-order valence-electron chi connectivity index (χ0n) is 11.5. The highest BCUT2D eigenvalue weighted by atomic mass is 79.9. The Morgan fingerprint density at radius 1 is 1.37 bits per heavy atom. The lowest BCUT2D eigenvalue weighted by atomic mass is 10.0. The van der Waals surface area contributed by atoms with Crippen LogP contribution in [0, 0.1) is 5.41 Å². The van der Waals surface area contributed by atoms with E-state index in [2.05, 4.69) is 45.9 Å². The molecule has 0 spiro atoms. The fraction of sp³-hybridized carbons (Fsp3) is 0.500. The number of anilines is 1. The Balaban J connectivity index is 2.19. The van der Waals surface area contributed by atoms with Gasteiger partial charge in [0.1, 0.15) is 5.84 Å². The van der Waals surface area contributed by atoms with Crippen LogP contribution in [-0.4, -0.2) is 44.0 Å². The monoisotopic (exact) mass is 324 g/mol. The SMILES string of the molecule is CN(C)C1CCN(c2cc(Br)ccc2C(=N)N)CC1. The minimum Gasteiger partial charge on any atom is -0.384 e. The predicted molar refractivity (Wildman–Crippen MR) is 84.1 cm³/mol. The molecule has 0 bridgehead atoms. The number of amidine groups is 1. The third-order valence-corrected chi connectivity index (χ3v) is 4.28. The number of rotatable bonds is 3. The van der Waals surface area contributed by atoms with Gasteiger partial charge in [-0.1, -0.05) is 15.9 Å². The number of nitrogens with two attached hydrogens (primary N) is 1. The summed E-state index contributed by atoms with van der Waals surface area (Å²) in [7, 11) is 4.28. The van der Waals surface area contributed by atoms with Crippen LogP contribution in [0.2, 0.25) is 0 Å². The molecule has 2 rings (SSSR count). The zero-order chi connectivity index (χ0) is 14.0. The summed E-state index contributed by atoms with van der Waals surface area (Å²) in [5.74, 6) is 0.136. The van der Waals surface area contributed by atoms with Crippen molar-refractivity contribution in [1.29, 1.82) is 5.41 Å². The molecule has 1 aliphatic heterocycles. The summed E-state index contributed by atoms with van der Waals surface area (Å²) in [5.41, 5.74) is 7.57. The van der Waals surface area contributed by atoms with Gasteiger partial charge in [-0.05, 0) is 45.1 Å². The Bertz CT molecular complexity index is 465. The fourth-order valence-electron chi connectivity index (χ4n) is 2.62. The van der Waals surface area contributed by atoms with Crippen molar-refractivity contribution in [3.05, 3.63) is 28.2 Å². The van der Waals surface area contributed by atoms with Crippen LogP contribution in [-0.2, 0) is 0 Å². The topological polar surface area (TPSA) is 56.4 Å². The van der Waals surface area contributed by atoms with Crippen molar-refractivity contribution in [2.24, 2.45) is 5.73 Å². The molecule has 0 atom stereocenters. The molecule has 1 aromatic carbocycles. The van der Waals surface area contributed by atoms with Crippen molar-refractivity contribution in [2.75, 3.05) is 32.1 Å². The van der Waals surface area contributed by atoms with Crippen LogP contribution in [0.25, 0.3) is 0 Å². The van der Waals surface area contributed by atoms with Crippen LogP contribution in [0.3, 0.4) is 0 Å². The fourth-order valence-corrected chi connectivity index (χ4v) is 2.97. The van der Waals surface area contributed by atoms with Crippen LogP contribution in [0.1, 0.15) is 18.4 Å². The Kier molecular flexibility index (Phi) is 4.47. The summed E-state index contributed by atoms with van der Waals surface area (Å²) in [4.78, 5) is 4.63. The summed E-state index contributed by atoms with van der Waals surface area (Å²) < 4.78 is 1.03. The van der Waals surface area contributed by atoms with Crippen molar-refractivity contribution in [3.8, 4) is 0 Å². The lowest BCUT2D eigenvalue weighted by molar-refractivity contribution is 0.249. The van der Waals surface area contributed by atoms with Gasteiger partial charge >= 0.3 is 0 Å². The van der Waals surface area contributed by atoms with Crippen LogP contribution in [0.15, 0.2) is 22.7 Å². The molecular formula is C14H21BrN4. The van der Waals surface area contributed by atoms with E-state index in [1.54, 1.807) is 0 Å². The predicted octanol–water partition coefficient (Wildman–Crippen LogP) is 2.26. The van der Waals surface area contributed by atoms with E-state index in [9.17, 15) is 0 Å². The van der Waals surface area contributed by atoms with Crippen LogP contribution < -0.4 is 10.6 Å². The van der Waals surface area contributed by atoms with E-state index in [0.717, 1.165) is 41.7 Å². The van der Waals surface area contributed by atoms with Gasteiger partial charge in [-0.3, -0.25) is 5.41 Å². The van der Waals surface area contributed by atoms with Crippen molar-refractivity contribution in [2.45, 2.75) is 18.9 Å². The molecule has 1 heterocycles. The van der Waals surface area contributed by atoms with E-state index in [-0.39, 0.29) is 5.84 Å². The Hall–Kier alpha value is -1.07. The number of benzene rings is 1. The number of piperidine rings is 1. The maximum Gasteiger partial charge on any atom is 0.124 e. The molecular weight excluding hydrogens is 304 g/mol. The molecule has 0 amide bonds. The first-order valence-electron chi connectivity index (χ1n) is 6.54. The molecule has 0 unspecified atom stereocenters. The first-order chi connectivity index (χ1) is 8.99. The third-order valence-electron chi connectivity index (χ3n) is 3.79. The smallest absolute Gasteiger partial charge is 0.124 e. The third kappa shape index (κ3) is 3.28. The first-order valence-corrected chi connectivity index (χ1v) is 7.33. The second-order valence-electron chi connectivity index (χ2n) is 5.26. The molecule has 1 saturated heterocycles. The standard InChI is InChI=1S/C14H21BrN4/c1-18(2)11-5-7-19(8-6-11)13-9-10(15)3-4-12(13)14(16)17/h3-4,9,11H,5-8H2,1-2H3,(H3,16,17).